The summed E-state index contributed by atoms with van der Waals surface area (Å²) in [6.07, 6.45) is 0. The molecule has 1 unspecified atom stereocenters. The summed E-state index contributed by atoms with van der Waals surface area (Å²) in [5.41, 5.74) is 2.08. The Labute approximate surface area is 93.3 Å². The van der Waals surface area contributed by atoms with Gasteiger partial charge in [0.2, 0.25) is 0 Å². The Balaban J connectivity index is 2.75. The van der Waals surface area contributed by atoms with Crippen molar-refractivity contribution in [3.63, 3.8) is 0 Å². The number of aliphatic hydroxyl groups is 1. The van der Waals surface area contributed by atoms with E-state index in [1.165, 1.54) is 0 Å². The molecule has 4 heteroatoms. The summed E-state index contributed by atoms with van der Waals surface area (Å²) in [4.78, 5) is 0. The van der Waals surface area contributed by atoms with Crippen LogP contribution >= 0.6 is 11.6 Å². The van der Waals surface area contributed by atoms with Gasteiger partial charge in [-0.25, -0.2) is 0 Å². The van der Waals surface area contributed by atoms with Gasteiger partial charge in [0.25, 0.3) is 0 Å². The second-order valence-corrected chi connectivity index (χ2v) is 4.10. The summed E-state index contributed by atoms with van der Waals surface area (Å²) in [5.74, 6) is 0.0974. The van der Waals surface area contributed by atoms with Crippen molar-refractivity contribution in [2.75, 3.05) is 6.61 Å². The van der Waals surface area contributed by atoms with E-state index in [4.69, 9.17) is 11.6 Å². The molecule has 0 bridgehead atoms. The van der Waals surface area contributed by atoms with Crippen molar-refractivity contribution in [1.82, 2.24) is 9.78 Å². The number of para-hydroxylation sites is 1. The van der Waals surface area contributed by atoms with Gasteiger partial charge in [-0.05, 0) is 11.6 Å². The van der Waals surface area contributed by atoms with Crippen LogP contribution in [0.25, 0.3) is 10.9 Å². The smallest absolute Gasteiger partial charge is 0.158 e. The van der Waals surface area contributed by atoms with E-state index in [1.807, 2.05) is 32.2 Å². The van der Waals surface area contributed by atoms with Gasteiger partial charge in [-0.3, -0.25) is 4.68 Å². The molecule has 1 aromatic carbocycles. The third kappa shape index (κ3) is 1.62. The van der Waals surface area contributed by atoms with Crippen LogP contribution in [-0.2, 0) is 7.05 Å². The minimum absolute atomic E-state index is 0.0974. The van der Waals surface area contributed by atoms with Crippen LogP contribution in [0.2, 0.25) is 5.15 Å². The van der Waals surface area contributed by atoms with Crippen LogP contribution < -0.4 is 0 Å². The molecule has 2 rings (SSSR count). The minimum atomic E-state index is 0.0974. The molecule has 0 aliphatic heterocycles. The van der Waals surface area contributed by atoms with E-state index in [2.05, 4.69) is 5.10 Å². The lowest BCUT2D eigenvalue weighted by molar-refractivity contribution is 0.273. The van der Waals surface area contributed by atoms with Gasteiger partial charge in [0.1, 0.15) is 0 Å². The van der Waals surface area contributed by atoms with Crippen molar-refractivity contribution >= 4 is 22.5 Å². The van der Waals surface area contributed by atoms with Crippen LogP contribution in [0.15, 0.2) is 18.2 Å². The van der Waals surface area contributed by atoms with Gasteiger partial charge in [0.15, 0.2) is 5.15 Å². The summed E-state index contributed by atoms with van der Waals surface area (Å²) in [5, 5.41) is 14.8. The molecule has 1 aromatic heterocycles. The van der Waals surface area contributed by atoms with E-state index < -0.39 is 0 Å². The Bertz CT molecular complexity index is 493. The second-order valence-electron chi connectivity index (χ2n) is 3.74. The number of aliphatic hydroxyl groups excluding tert-OH is 1. The molecule has 0 aliphatic rings. The number of hydrogen-bond acceptors (Lipinski definition) is 2. The SMILES string of the molecule is CC(CO)c1cccc2c(Cl)nn(C)c12. The van der Waals surface area contributed by atoms with Crippen molar-refractivity contribution in [1.29, 1.82) is 0 Å². The number of nitrogens with zero attached hydrogens (tertiary/aromatic N) is 2. The Kier molecular flexibility index (Phi) is 2.67. The first-order valence-electron chi connectivity index (χ1n) is 4.87. The quantitative estimate of drug-likeness (QED) is 0.850. The van der Waals surface area contributed by atoms with Crippen LogP contribution in [0.1, 0.15) is 18.4 Å². The number of rotatable bonds is 2. The fraction of sp³-hybridized carbons (Fsp3) is 0.364. The number of hydrogen-bond donors (Lipinski definition) is 1. The number of aromatic nitrogens is 2. The highest BCUT2D eigenvalue weighted by atomic mass is 35.5. The normalized spacial score (nSPS) is 13.3. The standard InChI is InChI=1S/C11H13ClN2O/c1-7(6-15)8-4-3-5-9-10(8)14(2)13-11(9)12/h3-5,7,15H,6H2,1-2H3. The Hall–Kier alpha value is -1.06. The Morgan fingerprint density at radius 2 is 2.27 bits per heavy atom. The maximum absolute atomic E-state index is 9.18. The molecule has 15 heavy (non-hydrogen) atoms. The van der Waals surface area contributed by atoms with Crippen molar-refractivity contribution in [2.45, 2.75) is 12.8 Å². The molecule has 0 aliphatic carbocycles. The van der Waals surface area contributed by atoms with Gasteiger partial charge in [-0.2, -0.15) is 5.10 Å². The number of fused-ring (bicyclic) bond motifs is 1. The van der Waals surface area contributed by atoms with Gasteiger partial charge in [-0.15, -0.1) is 0 Å². The van der Waals surface area contributed by atoms with E-state index in [1.54, 1.807) is 4.68 Å². The van der Waals surface area contributed by atoms with Crippen molar-refractivity contribution in [3.05, 3.63) is 28.9 Å². The molecule has 0 radical (unpaired) electrons. The minimum Gasteiger partial charge on any atom is -0.396 e. The number of benzene rings is 1. The predicted molar refractivity (Wildman–Crippen MR) is 61.2 cm³/mol. The van der Waals surface area contributed by atoms with E-state index in [-0.39, 0.29) is 12.5 Å². The molecule has 0 saturated carbocycles. The van der Waals surface area contributed by atoms with Crippen LogP contribution in [0, 0.1) is 0 Å². The number of aryl methyl sites for hydroxylation is 1. The van der Waals surface area contributed by atoms with E-state index in [0.717, 1.165) is 16.5 Å². The van der Waals surface area contributed by atoms with Gasteiger partial charge in [0, 0.05) is 25.0 Å². The first kappa shape index (κ1) is 10.5. The molecule has 1 N–H and O–H groups in total. The molecule has 0 amide bonds. The molecular formula is C11H13ClN2O. The van der Waals surface area contributed by atoms with E-state index in [9.17, 15) is 5.11 Å². The lowest BCUT2D eigenvalue weighted by Crippen LogP contribution is -2.02. The molecule has 2 aromatic rings. The number of halogens is 1. The lowest BCUT2D eigenvalue weighted by atomic mass is 10.00. The molecule has 1 atom stereocenters. The molecule has 0 spiro atoms. The maximum atomic E-state index is 9.18. The zero-order chi connectivity index (χ0) is 11.0. The highest BCUT2D eigenvalue weighted by molar-refractivity contribution is 6.34. The summed E-state index contributed by atoms with van der Waals surface area (Å²) < 4.78 is 1.76. The Morgan fingerprint density at radius 1 is 1.53 bits per heavy atom. The van der Waals surface area contributed by atoms with E-state index >= 15 is 0 Å². The molecule has 80 valence electrons. The van der Waals surface area contributed by atoms with Gasteiger partial charge in [-0.1, -0.05) is 30.7 Å². The van der Waals surface area contributed by atoms with Crippen molar-refractivity contribution in [3.8, 4) is 0 Å². The zero-order valence-electron chi connectivity index (χ0n) is 8.74. The Morgan fingerprint density at radius 3 is 2.93 bits per heavy atom. The van der Waals surface area contributed by atoms with Crippen LogP contribution in [-0.4, -0.2) is 21.5 Å². The van der Waals surface area contributed by atoms with Gasteiger partial charge >= 0.3 is 0 Å². The van der Waals surface area contributed by atoms with E-state index in [0.29, 0.717) is 5.15 Å². The van der Waals surface area contributed by atoms with Crippen molar-refractivity contribution in [2.24, 2.45) is 7.05 Å². The molecule has 1 heterocycles. The maximum Gasteiger partial charge on any atom is 0.158 e. The topological polar surface area (TPSA) is 38.1 Å². The fourth-order valence-electron chi connectivity index (χ4n) is 1.82. The highest BCUT2D eigenvalue weighted by Crippen LogP contribution is 2.29. The summed E-state index contributed by atoms with van der Waals surface area (Å²) >= 11 is 6.00. The van der Waals surface area contributed by atoms with Crippen molar-refractivity contribution < 1.29 is 5.11 Å². The third-order valence-electron chi connectivity index (χ3n) is 2.66. The largest absolute Gasteiger partial charge is 0.396 e. The fourth-order valence-corrected chi connectivity index (χ4v) is 2.09. The van der Waals surface area contributed by atoms with Gasteiger partial charge < -0.3 is 5.11 Å². The third-order valence-corrected chi connectivity index (χ3v) is 2.93. The van der Waals surface area contributed by atoms with Crippen LogP contribution in [0.4, 0.5) is 0 Å². The molecule has 0 fully saturated rings. The van der Waals surface area contributed by atoms with Crippen LogP contribution in [0.3, 0.4) is 0 Å². The highest BCUT2D eigenvalue weighted by Gasteiger charge is 2.14. The lowest BCUT2D eigenvalue weighted by Gasteiger charge is -2.10. The van der Waals surface area contributed by atoms with Gasteiger partial charge in [0.05, 0.1) is 5.52 Å². The first-order valence-corrected chi connectivity index (χ1v) is 5.25. The summed E-state index contributed by atoms with van der Waals surface area (Å²) in [7, 11) is 1.86. The summed E-state index contributed by atoms with van der Waals surface area (Å²) in [6.45, 7) is 2.11. The summed E-state index contributed by atoms with van der Waals surface area (Å²) in [6, 6.07) is 5.89. The molecule has 0 saturated heterocycles. The average molecular weight is 225 g/mol. The second kappa shape index (κ2) is 3.83. The zero-order valence-corrected chi connectivity index (χ0v) is 9.49. The molecular weight excluding hydrogens is 212 g/mol. The average Bonchev–Trinajstić information content (AvgIpc) is 2.54. The molecule has 3 nitrogen and oxygen atoms in total. The monoisotopic (exact) mass is 224 g/mol. The van der Waals surface area contributed by atoms with Crippen LogP contribution in [0.5, 0.6) is 0 Å². The first-order chi connectivity index (χ1) is 7.15. The predicted octanol–water partition coefficient (Wildman–Crippen LogP) is 2.32.